The third-order valence-electron chi connectivity index (χ3n) is 6.11. The van der Waals surface area contributed by atoms with Crippen molar-refractivity contribution in [3.05, 3.63) is 48.2 Å². The highest BCUT2D eigenvalue weighted by Crippen LogP contribution is 2.31. The minimum atomic E-state index is -0.479. The minimum Gasteiger partial charge on any atom is -0.368 e. The zero-order chi connectivity index (χ0) is 20.9. The number of piperazine rings is 1. The van der Waals surface area contributed by atoms with E-state index >= 15 is 0 Å². The van der Waals surface area contributed by atoms with Crippen molar-refractivity contribution in [1.82, 2.24) is 19.6 Å². The lowest BCUT2D eigenvalue weighted by molar-refractivity contribution is -0.127. The van der Waals surface area contributed by atoms with E-state index in [1.165, 1.54) is 18.4 Å². The fourth-order valence-corrected chi connectivity index (χ4v) is 4.54. The van der Waals surface area contributed by atoms with Gasteiger partial charge in [-0.1, -0.05) is 43.2 Å². The Hall–Kier alpha value is -2.71. The van der Waals surface area contributed by atoms with Gasteiger partial charge in [-0.05, 0) is 18.4 Å². The van der Waals surface area contributed by atoms with E-state index in [0.717, 1.165) is 31.7 Å². The predicted molar refractivity (Wildman–Crippen MR) is 115 cm³/mol. The van der Waals surface area contributed by atoms with Crippen LogP contribution < -0.4 is 11.1 Å². The van der Waals surface area contributed by atoms with Gasteiger partial charge in [0.1, 0.15) is 11.9 Å². The number of nitrogens with two attached hydrogens (primary N) is 1. The summed E-state index contributed by atoms with van der Waals surface area (Å²) in [5.74, 6) is 0.194. The largest absolute Gasteiger partial charge is 0.368 e. The molecule has 8 heteroatoms. The first kappa shape index (κ1) is 20.6. The Morgan fingerprint density at radius 3 is 2.60 bits per heavy atom. The molecule has 4 rings (SSSR count). The van der Waals surface area contributed by atoms with E-state index in [-0.39, 0.29) is 12.5 Å². The molecule has 160 valence electrons. The number of nitrogens with one attached hydrogen (secondary N) is 1. The minimum absolute atomic E-state index is 0.141. The monoisotopic (exact) mass is 410 g/mol. The molecule has 1 aromatic heterocycles. The number of anilines is 1. The average Bonchev–Trinajstić information content (AvgIpc) is 3.41. The summed E-state index contributed by atoms with van der Waals surface area (Å²) in [5, 5.41) is 7.38. The summed E-state index contributed by atoms with van der Waals surface area (Å²) in [6.07, 6.45) is 6.31. The highest BCUT2D eigenvalue weighted by molar-refractivity contribution is 5.92. The van der Waals surface area contributed by atoms with E-state index in [1.807, 2.05) is 33.8 Å². The fraction of sp³-hybridized carbons (Fsp3) is 0.500. The molecule has 30 heavy (non-hydrogen) atoms. The smallest absolute Gasteiger partial charge is 0.239 e. The number of rotatable bonds is 7. The van der Waals surface area contributed by atoms with Crippen molar-refractivity contribution in [3.8, 4) is 0 Å². The Balaban J connectivity index is 1.35. The normalized spacial score (nSPS) is 21.0. The fourth-order valence-electron chi connectivity index (χ4n) is 4.54. The molecule has 0 spiro atoms. The van der Waals surface area contributed by atoms with Gasteiger partial charge in [0.2, 0.25) is 11.8 Å². The zero-order valence-corrected chi connectivity index (χ0v) is 17.2. The molecule has 0 radical (unpaired) electrons. The molecule has 1 saturated carbocycles. The van der Waals surface area contributed by atoms with Gasteiger partial charge in [0.05, 0.1) is 18.8 Å². The van der Waals surface area contributed by atoms with E-state index < -0.39 is 11.9 Å². The number of amides is 2. The molecule has 3 N–H and O–H groups in total. The van der Waals surface area contributed by atoms with Crippen LogP contribution in [0.5, 0.6) is 0 Å². The van der Waals surface area contributed by atoms with Crippen LogP contribution in [0.25, 0.3) is 0 Å². The summed E-state index contributed by atoms with van der Waals surface area (Å²) in [4.78, 5) is 28.9. The second-order valence-corrected chi connectivity index (χ2v) is 8.26. The van der Waals surface area contributed by atoms with Gasteiger partial charge in [0, 0.05) is 32.2 Å². The first-order valence-electron chi connectivity index (χ1n) is 10.7. The van der Waals surface area contributed by atoms with Crippen LogP contribution in [0.1, 0.15) is 37.3 Å². The third kappa shape index (κ3) is 4.88. The topological polar surface area (TPSA) is 96.5 Å². The molecular formula is C22H30N6O2. The molecule has 1 saturated heterocycles. The quantitative estimate of drug-likeness (QED) is 0.723. The lowest BCUT2D eigenvalue weighted by Crippen LogP contribution is -2.59. The lowest BCUT2D eigenvalue weighted by Gasteiger charge is -2.39. The van der Waals surface area contributed by atoms with Crippen LogP contribution in [0.15, 0.2) is 42.6 Å². The van der Waals surface area contributed by atoms with Gasteiger partial charge in [-0.3, -0.25) is 19.4 Å². The number of hydrogen-bond donors (Lipinski definition) is 2. The van der Waals surface area contributed by atoms with Crippen molar-refractivity contribution < 1.29 is 9.59 Å². The standard InChI is InChI=1S/C22H30N6O2/c23-22(30)19-15-26(14-17-6-2-1-3-7-17)12-13-27(19)16-21(29)25-20-10-11-24-28(20)18-8-4-5-9-18/h1-3,6-7,10-11,18-19H,4-5,8-9,12-16H2,(H2,23,30)(H,25,29)/t19-/m1/s1. The molecule has 2 fully saturated rings. The van der Waals surface area contributed by atoms with Gasteiger partial charge < -0.3 is 11.1 Å². The van der Waals surface area contributed by atoms with Gasteiger partial charge in [-0.2, -0.15) is 5.10 Å². The summed E-state index contributed by atoms with van der Waals surface area (Å²) in [6, 6.07) is 11.9. The third-order valence-corrected chi connectivity index (χ3v) is 6.11. The van der Waals surface area contributed by atoms with Gasteiger partial charge in [0.25, 0.3) is 0 Å². The Bertz CT molecular complexity index is 862. The predicted octanol–water partition coefficient (Wildman–Crippen LogP) is 1.61. The van der Waals surface area contributed by atoms with Crippen LogP contribution in [0.3, 0.4) is 0 Å². The van der Waals surface area contributed by atoms with E-state index in [2.05, 4.69) is 27.4 Å². The molecule has 0 bridgehead atoms. The van der Waals surface area contributed by atoms with Crippen LogP contribution in [-0.2, 0) is 16.1 Å². The van der Waals surface area contributed by atoms with Gasteiger partial charge in [-0.15, -0.1) is 0 Å². The summed E-state index contributed by atoms with van der Waals surface area (Å²) >= 11 is 0. The number of carbonyl (C=O) groups is 2. The lowest BCUT2D eigenvalue weighted by atomic mass is 10.1. The maximum absolute atomic E-state index is 12.7. The van der Waals surface area contributed by atoms with Gasteiger partial charge >= 0.3 is 0 Å². The van der Waals surface area contributed by atoms with Crippen molar-refractivity contribution >= 4 is 17.6 Å². The van der Waals surface area contributed by atoms with Crippen LogP contribution in [0.4, 0.5) is 5.82 Å². The van der Waals surface area contributed by atoms with E-state index in [0.29, 0.717) is 19.1 Å². The van der Waals surface area contributed by atoms with Crippen LogP contribution in [0, 0.1) is 0 Å². The SMILES string of the molecule is NC(=O)[C@H]1CN(Cc2ccccc2)CCN1CC(=O)Nc1ccnn1C1CCCC1. The maximum Gasteiger partial charge on any atom is 0.239 e. The van der Waals surface area contributed by atoms with Crippen molar-refractivity contribution in [2.24, 2.45) is 5.73 Å². The first-order valence-corrected chi connectivity index (χ1v) is 10.7. The molecule has 8 nitrogen and oxygen atoms in total. The van der Waals surface area contributed by atoms with Crippen LogP contribution >= 0.6 is 0 Å². The van der Waals surface area contributed by atoms with Crippen molar-refractivity contribution in [3.63, 3.8) is 0 Å². The number of aromatic nitrogens is 2. The molecule has 2 heterocycles. The molecule has 2 aromatic rings. The van der Waals surface area contributed by atoms with E-state index in [1.54, 1.807) is 6.20 Å². The zero-order valence-electron chi connectivity index (χ0n) is 17.2. The Kier molecular flexibility index (Phi) is 6.44. The Morgan fingerprint density at radius 1 is 1.10 bits per heavy atom. The molecule has 1 aliphatic carbocycles. The number of carbonyl (C=O) groups excluding carboxylic acids is 2. The molecular weight excluding hydrogens is 380 g/mol. The molecule has 1 aliphatic heterocycles. The Labute approximate surface area is 177 Å². The highest BCUT2D eigenvalue weighted by Gasteiger charge is 2.32. The van der Waals surface area contributed by atoms with Gasteiger partial charge in [0.15, 0.2) is 0 Å². The Morgan fingerprint density at radius 2 is 1.87 bits per heavy atom. The summed E-state index contributed by atoms with van der Waals surface area (Å²) < 4.78 is 1.92. The summed E-state index contributed by atoms with van der Waals surface area (Å²) in [6.45, 7) is 2.84. The molecule has 2 amide bonds. The average molecular weight is 411 g/mol. The van der Waals surface area contributed by atoms with E-state index in [9.17, 15) is 9.59 Å². The van der Waals surface area contributed by atoms with Crippen molar-refractivity contribution in [2.45, 2.75) is 44.3 Å². The van der Waals surface area contributed by atoms with Crippen molar-refractivity contribution in [2.75, 3.05) is 31.5 Å². The first-order chi connectivity index (χ1) is 14.6. The summed E-state index contributed by atoms with van der Waals surface area (Å²) in [5.41, 5.74) is 6.88. The second-order valence-electron chi connectivity index (χ2n) is 8.26. The number of nitrogens with zero attached hydrogens (tertiary/aromatic N) is 4. The number of benzene rings is 1. The number of primary amides is 1. The highest BCUT2D eigenvalue weighted by atomic mass is 16.2. The van der Waals surface area contributed by atoms with Crippen LogP contribution in [0.2, 0.25) is 0 Å². The maximum atomic E-state index is 12.7. The summed E-state index contributed by atoms with van der Waals surface area (Å²) in [7, 11) is 0. The number of hydrogen-bond acceptors (Lipinski definition) is 5. The molecule has 2 aliphatic rings. The van der Waals surface area contributed by atoms with E-state index in [4.69, 9.17) is 5.73 Å². The van der Waals surface area contributed by atoms with Crippen molar-refractivity contribution in [1.29, 1.82) is 0 Å². The molecule has 1 atom stereocenters. The second kappa shape index (κ2) is 9.40. The molecule has 0 unspecified atom stereocenters. The van der Waals surface area contributed by atoms with Crippen LogP contribution in [-0.4, -0.2) is 63.6 Å². The van der Waals surface area contributed by atoms with Gasteiger partial charge in [-0.25, -0.2) is 4.68 Å². The molecule has 1 aromatic carbocycles.